The van der Waals surface area contributed by atoms with Crippen molar-refractivity contribution in [1.82, 2.24) is 16.0 Å². The minimum Gasteiger partial charge on any atom is -0.480 e. The van der Waals surface area contributed by atoms with Crippen molar-refractivity contribution in [3.05, 3.63) is 0 Å². The fraction of sp³-hybridized carbons (Fsp3) is 0.765. The summed E-state index contributed by atoms with van der Waals surface area (Å²) < 4.78 is 0. The Morgan fingerprint density at radius 3 is 1.93 bits per heavy atom. The largest absolute Gasteiger partial charge is 0.480 e. The second-order valence-corrected chi connectivity index (χ2v) is 8.28. The Balaban J connectivity index is 5.01. The molecule has 0 aliphatic carbocycles. The first-order chi connectivity index (χ1) is 14.2. The van der Waals surface area contributed by atoms with Crippen LogP contribution in [0.2, 0.25) is 0 Å². The number of carbonyl (C=O) groups excluding carboxylic acids is 3. The molecule has 0 aliphatic rings. The maximum atomic E-state index is 12.6. The Kier molecular flexibility index (Phi) is 15.9. The van der Waals surface area contributed by atoms with E-state index in [0.717, 1.165) is 6.42 Å². The number of hydrogen-bond acceptors (Lipinski definition) is 9. The number of carboxylic acid groups (broad SMARTS) is 1. The number of unbranched alkanes of at least 4 members (excludes halogenated alkanes) is 1. The second-order valence-electron chi connectivity index (χ2n) is 6.56. The zero-order valence-electron chi connectivity index (χ0n) is 17.0. The highest BCUT2D eigenvalue weighted by molar-refractivity contribution is 7.98. The van der Waals surface area contributed by atoms with Crippen LogP contribution in [0.4, 0.5) is 0 Å². The van der Waals surface area contributed by atoms with Gasteiger partial charge < -0.3 is 32.5 Å². The van der Waals surface area contributed by atoms with E-state index in [2.05, 4.69) is 41.2 Å². The average Bonchev–Trinajstić information content (AvgIpc) is 2.72. The molecule has 0 fully saturated rings. The fourth-order valence-corrected chi connectivity index (χ4v) is 3.32. The van der Waals surface area contributed by atoms with Crippen LogP contribution in [-0.4, -0.2) is 83.0 Å². The molecule has 0 aromatic rings. The molecule has 0 radical (unpaired) electrons. The maximum absolute atomic E-state index is 12.6. The summed E-state index contributed by atoms with van der Waals surface area (Å²) in [5.41, 5.74) is 11.3. The number of rotatable bonds is 16. The van der Waals surface area contributed by atoms with Gasteiger partial charge in [0.1, 0.15) is 18.1 Å². The highest BCUT2D eigenvalue weighted by atomic mass is 32.2. The highest BCUT2D eigenvalue weighted by Gasteiger charge is 2.29. The molecule has 174 valence electrons. The maximum Gasteiger partial charge on any atom is 0.327 e. The molecule has 10 nitrogen and oxygen atoms in total. The first-order valence-electron chi connectivity index (χ1n) is 9.51. The van der Waals surface area contributed by atoms with E-state index in [1.807, 2.05) is 6.26 Å². The van der Waals surface area contributed by atoms with Gasteiger partial charge in [-0.05, 0) is 37.8 Å². The topological polar surface area (TPSA) is 177 Å². The highest BCUT2D eigenvalue weighted by Crippen LogP contribution is 2.04. The summed E-state index contributed by atoms with van der Waals surface area (Å²) in [4.78, 5) is 48.4. The minimum absolute atomic E-state index is 0.00164. The van der Waals surface area contributed by atoms with Crippen LogP contribution < -0.4 is 27.4 Å². The summed E-state index contributed by atoms with van der Waals surface area (Å²) in [5, 5.41) is 16.5. The molecule has 0 spiro atoms. The number of amides is 3. The molecule has 0 rings (SSSR count). The molecule has 0 aromatic carbocycles. The van der Waals surface area contributed by atoms with E-state index in [4.69, 9.17) is 16.6 Å². The quantitative estimate of drug-likeness (QED) is 0.0975. The molecule has 0 saturated heterocycles. The van der Waals surface area contributed by atoms with Crippen LogP contribution in [-0.2, 0) is 19.2 Å². The second kappa shape index (κ2) is 16.5. The smallest absolute Gasteiger partial charge is 0.327 e. The van der Waals surface area contributed by atoms with Gasteiger partial charge in [-0.25, -0.2) is 4.79 Å². The van der Waals surface area contributed by atoms with Gasteiger partial charge in [-0.1, -0.05) is 6.42 Å². The van der Waals surface area contributed by atoms with E-state index in [9.17, 15) is 19.2 Å². The standard InChI is InChI=1S/C17H33N5O5S3/c1-30-7-5-11(15(24)22-13(9-29)17(26)27)20-16(25)12(8-28)21-14(23)10(19)4-2-3-6-18/h10-13,28-29H,2-9,18-19H2,1H3,(H,20,25)(H,21,23)(H,22,24)(H,26,27). The molecular formula is C17H33N5O5S3. The van der Waals surface area contributed by atoms with Crippen LogP contribution in [0.3, 0.4) is 0 Å². The Labute approximate surface area is 192 Å². The number of nitrogens with two attached hydrogens (primary N) is 2. The van der Waals surface area contributed by atoms with Gasteiger partial charge in [0.2, 0.25) is 17.7 Å². The van der Waals surface area contributed by atoms with Gasteiger partial charge in [-0.3, -0.25) is 14.4 Å². The third kappa shape index (κ3) is 11.3. The third-order valence-electron chi connectivity index (χ3n) is 4.16. The molecule has 0 aliphatic heterocycles. The summed E-state index contributed by atoms with van der Waals surface area (Å²) in [7, 11) is 0. The van der Waals surface area contributed by atoms with E-state index in [-0.39, 0.29) is 17.9 Å². The first kappa shape index (κ1) is 28.9. The molecule has 0 saturated carbocycles. The van der Waals surface area contributed by atoms with Crippen molar-refractivity contribution in [3.8, 4) is 0 Å². The number of hydrogen-bond donors (Lipinski definition) is 8. The van der Waals surface area contributed by atoms with E-state index in [0.29, 0.717) is 25.1 Å². The molecule has 30 heavy (non-hydrogen) atoms. The number of aliphatic carboxylic acids is 1. The molecular weight excluding hydrogens is 450 g/mol. The monoisotopic (exact) mass is 483 g/mol. The van der Waals surface area contributed by atoms with Gasteiger partial charge in [0.05, 0.1) is 6.04 Å². The molecule has 0 aromatic heterocycles. The zero-order valence-corrected chi connectivity index (χ0v) is 19.6. The summed E-state index contributed by atoms with van der Waals surface area (Å²) in [6.45, 7) is 0.505. The molecule has 0 bridgehead atoms. The van der Waals surface area contributed by atoms with Gasteiger partial charge in [-0.15, -0.1) is 0 Å². The van der Waals surface area contributed by atoms with Crippen molar-refractivity contribution in [2.75, 3.05) is 30.1 Å². The van der Waals surface area contributed by atoms with Crippen LogP contribution >= 0.6 is 37.0 Å². The summed E-state index contributed by atoms with van der Waals surface area (Å²) in [5.74, 6) is -2.50. The molecule has 13 heteroatoms. The van der Waals surface area contributed by atoms with Gasteiger partial charge in [0.25, 0.3) is 0 Å². The lowest BCUT2D eigenvalue weighted by molar-refractivity contribution is -0.141. The fourth-order valence-electron chi connectivity index (χ4n) is 2.35. The lowest BCUT2D eigenvalue weighted by Crippen LogP contribution is -2.58. The Bertz CT molecular complexity index is 570. The normalized spacial score (nSPS) is 14.8. The van der Waals surface area contributed by atoms with Gasteiger partial charge >= 0.3 is 5.97 Å². The minimum atomic E-state index is -1.22. The number of nitrogens with one attached hydrogen (secondary N) is 3. The summed E-state index contributed by atoms with van der Waals surface area (Å²) in [6, 6.07) is -3.93. The van der Waals surface area contributed by atoms with Crippen molar-refractivity contribution < 1.29 is 24.3 Å². The van der Waals surface area contributed by atoms with Gasteiger partial charge in [-0.2, -0.15) is 37.0 Å². The number of carbonyl (C=O) groups is 4. The molecule has 4 unspecified atom stereocenters. The van der Waals surface area contributed by atoms with Crippen LogP contribution in [0, 0.1) is 0 Å². The van der Waals surface area contributed by atoms with Crippen LogP contribution in [0.1, 0.15) is 25.7 Å². The third-order valence-corrected chi connectivity index (χ3v) is 5.54. The lowest BCUT2D eigenvalue weighted by Gasteiger charge is -2.24. The Morgan fingerprint density at radius 1 is 0.900 bits per heavy atom. The van der Waals surface area contributed by atoms with Crippen LogP contribution in [0.25, 0.3) is 0 Å². The van der Waals surface area contributed by atoms with Crippen molar-refractivity contribution in [2.45, 2.75) is 49.9 Å². The van der Waals surface area contributed by atoms with Crippen molar-refractivity contribution in [1.29, 1.82) is 0 Å². The molecule has 0 heterocycles. The Morgan fingerprint density at radius 2 is 1.43 bits per heavy atom. The molecule has 8 N–H and O–H groups in total. The Hall–Kier alpha value is -1.15. The number of thioether (sulfide) groups is 1. The predicted octanol–water partition coefficient (Wildman–Crippen LogP) is -1.41. The van der Waals surface area contributed by atoms with Gasteiger partial charge in [0.15, 0.2) is 0 Å². The van der Waals surface area contributed by atoms with Crippen molar-refractivity contribution in [2.24, 2.45) is 11.5 Å². The van der Waals surface area contributed by atoms with Gasteiger partial charge in [0, 0.05) is 11.5 Å². The number of thiol groups is 2. The predicted molar refractivity (Wildman–Crippen MR) is 125 cm³/mol. The van der Waals surface area contributed by atoms with Crippen molar-refractivity contribution in [3.63, 3.8) is 0 Å². The molecule has 4 atom stereocenters. The first-order valence-corrected chi connectivity index (χ1v) is 12.2. The zero-order chi connectivity index (χ0) is 23.1. The lowest BCUT2D eigenvalue weighted by atomic mass is 10.1. The summed E-state index contributed by atoms with van der Waals surface area (Å²) in [6.07, 6.45) is 3.99. The van der Waals surface area contributed by atoms with E-state index < -0.39 is 47.9 Å². The molecule has 3 amide bonds. The average molecular weight is 484 g/mol. The van der Waals surface area contributed by atoms with Crippen molar-refractivity contribution >= 4 is 60.7 Å². The number of carboxylic acids is 1. The van der Waals surface area contributed by atoms with Crippen LogP contribution in [0.15, 0.2) is 0 Å². The SMILES string of the molecule is CSCCC(NC(=O)C(CS)NC(=O)C(N)CCCCN)C(=O)NC(CS)C(=O)O. The van der Waals surface area contributed by atoms with E-state index in [1.54, 1.807) is 0 Å². The summed E-state index contributed by atoms with van der Waals surface area (Å²) >= 11 is 9.48. The van der Waals surface area contributed by atoms with E-state index >= 15 is 0 Å². The van der Waals surface area contributed by atoms with E-state index in [1.165, 1.54) is 11.8 Å². The van der Waals surface area contributed by atoms with Crippen LogP contribution in [0.5, 0.6) is 0 Å².